The maximum Gasteiger partial charge on any atom is 0.416 e. The molecule has 29 heavy (non-hydrogen) atoms. The first-order valence-electron chi connectivity index (χ1n) is 8.83. The number of amides is 1. The fraction of sp³-hybridized carbons (Fsp3) is 0.238. The van der Waals surface area contributed by atoms with Crippen molar-refractivity contribution in [1.29, 1.82) is 0 Å². The van der Waals surface area contributed by atoms with Crippen molar-refractivity contribution in [2.45, 2.75) is 19.1 Å². The summed E-state index contributed by atoms with van der Waals surface area (Å²) in [5.74, 6) is -0.346. The molecule has 1 aromatic heterocycles. The van der Waals surface area contributed by atoms with Crippen LogP contribution in [0.2, 0.25) is 0 Å². The van der Waals surface area contributed by atoms with Gasteiger partial charge in [0, 0.05) is 42.1 Å². The quantitative estimate of drug-likeness (QED) is 0.704. The van der Waals surface area contributed by atoms with Gasteiger partial charge in [0.05, 0.1) is 17.7 Å². The number of alkyl halides is 3. The molecular formula is C21H19F3N2O3. The minimum atomic E-state index is -4.42. The Hall–Kier alpha value is -3.13. The minimum absolute atomic E-state index is 0.206. The van der Waals surface area contributed by atoms with E-state index in [0.717, 1.165) is 12.1 Å². The van der Waals surface area contributed by atoms with Crippen LogP contribution in [0.5, 0.6) is 0 Å². The van der Waals surface area contributed by atoms with Gasteiger partial charge in [0.25, 0.3) is 5.91 Å². The lowest BCUT2D eigenvalue weighted by atomic mass is 10.1. The average molecular weight is 404 g/mol. The zero-order valence-electron chi connectivity index (χ0n) is 15.8. The average Bonchev–Trinajstić information content (AvgIpc) is 2.68. The van der Waals surface area contributed by atoms with E-state index in [9.17, 15) is 22.8 Å². The molecule has 152 valence electrons. The summed E-state index contributed by atoms with van der Waals surface area (Å²) >= 11 is 0. The second-order valence-corrected chi connectivity index (χ2v) is 6.66. The molecule has 0 saturated carbocycles. The lowest BCUT2D eigenvalue weighted by Gasteiger charge is -2.15. The highest BCUT2D eigenvalue weighted by Crippen LogP contribution is 2.30. The Kier molecular flexibility index (Phi) is 5.74. The van der Waals surface area contributed by atoms with E-state index in [0.29, 0.717) is 28.8 Å². The fourth-order valence-electron chi connectivity index (χ4n) is 3.03. The Morgan fingerprint density at radius 3 is 2.45 bits per heavy atom. The molecule has 0 spiro atoms. The molecule has 3 rings (SSSR count). The molecule has 1 amide bonds. The number of benzene rings is 2. The number of nitrogens with zero attached hydrogens (tertiary/aromatic N) is 1. The molecule has 1 heterocycles. The summed E-state index contributed by atoms with van der Waals surface area (Å²) < 4.78 is 45.0. The molecule has 0 aliphatic rings. The molecule has 0 bridgehead atoms. The molecule has 1 atom stereocenters. The summed E-state index contributed by atoms with van der Waals surface area (Å²) in [6.45, 7) is 2.14. The molecule has 0 unspecified atom stereocenters. The van der Waals surface area contributed by atoms with E-state index in [1.54, 1.807) is 23.6 Å². The van der Waals surface area contributed by atoms with E-state index >= 15 is 0 Å². The highest BCUT2D eigenvalue weighted by Gasteiger charge is 2.30. The predicted octanol–water partition coefficient (Wildman–Crippen LogP) is 3.77. The number of carbonyl (C=O) groups excluding carboxylic acids is 1. The number of aromatic nitrogens is 1. The van der Waals surface area contributed by atoms with Crippen molar-refractivity contribution in [2.24, 2.45) is 0 Å². The lowest BCUT2D eigenvalue weighted by Crippen LogP contribution is -2.35. The molecule has 1 N–H and O–H groups in total. The standard InChI is InChI=1S/C21H19F3N2O3/c1-13(12-29-2)25-20(28)14-3-8-18-17(11-14)19(27)9-10-26(18)16-6-4-15(5-7-16)21(22,23)24/h3-11,13H,12H2,1-2H3,(H,25,28)/t13-/m0/s1. The third-order valence-electron chi connectivity index (χ3n) is 4.43. The van der Waals surface area contributed by atoms with Gasteiger partial charge in [-0.25, -0.2) is 0 Å². The number of pyridine rings is 1. The molecule has 2 aromatic carbocycles. The molecule has 0 aliphatic heterocycles. The van der Waals surface area contributed by atoms with Crippen LogP contribution < -0.4 is 10.7 Å². The van der Waals surface area contributed by atoms with Gasteiger partial charge in [0.2, 0.25) is 0 Å². The Labute approximate surface area is 164 Å². The summed E-state index contributed by atoms with van der Waals surface area (Å²) in [7, 11) is 1.53. The molecule has 8 heteroatoms. The minimum Gasteiger partial charge on any atom is -0.383 e. The number of carbonyl (C=O) groups is 1. The number of hydrogen-bond acceptors (Lipinski definition) is 3. The number of hydrogen-bond donors (Lipinski definition) is 1. The monoisotopic (exact) mass is 404 g/mol. The van der Waals surface area contributed by atoms with Crippen molar-refractivity contribution in [1.82, 2.24) is 9.88 Å². The number of methoxy groups -OCH3 is 1. The van der Waals surface area contributed by atoms with Gasteiger partial charge in [-0.3, -0.25) is 9.59 Å². The van der Waals surface area contributed by atoms with Crippen molar-refractivity contribution in [2.75, 3.05) is 13.7 Å². The Balaban J connectivity index is 2.00. The second kappa shape index (κ2) is 8.08. The van der Waals surface area contributed by atoms with Crippen LogP contribution in [-0.4, -0.2) is 30.2 Å². The smallest absolute Gasteiger partial charge is 0.383 e. The third-order valence-corrected chi connectivity index (χ3v) is 4.43. The van der Waals surface area contributed by atoms with Gasteiger partial charge in [-0.05, 0) is 49.4 Å². The maximum atomic E-state index is 12.8. The van der Waals surface area contributed by atoms with Gasteiger partial charge in [-0.2, -0.15) is 13.2 Å². The number of halogens is 3. The maximum absolute atomic E-state index is 12.8. The molecule has 5 nitrogen and oxygen atoms in total. The van der Waals surface area contributed by atoms with Crippen molar-refractivity contribution >= 4 is 16.8 Å². The molecule has 0 radical (unpaired) electrons. The number of fused-ring (bicyclic) bond motifs is 1. The summed E-state index contributed by atoms with van der Waals surface area (Å²) in [5, 5.41) is 3.06. The van der Waals surface area contributed by atoms with Crippen LogP contribution in [0.3, 0.4) is 0 Å². The van der Waals surface area contributed by atoms with Gasteiger partial charge >= 0.3 is 6.18 Å². The fourth-order valence-corrected chi connectivity index (χ4v) is 3.03. The van der Waals surface area contributed by atoms with Crippen LogP contribution in [0.1, 0.15) is 22.8 Å². The second-order valence-electron chi connectivity index (χ2n) is 6.66. The number of rotatable bonds is 5. The molecular weight excluding hydrogens is 385 g/mol. The predicted molar refractivity (Wildman–Crippen MR) is 103 cm³/mol. The molecule has 0 aliphatic carbocycles. The zero-order chi connectivity index (χ0) is 21.2. The van der Waals surface area contributed by atoms with Crippen LogP contribution in [-0.2, 0) is 10.9 Å². The zero-order valence-corrected chi connectivity index (χ0v) is 15.8. The molecule has 0 saturated heterocycles. The van der Waals surface area contributed by atoms with Crippen molar-refractivity contribution in [3.05, 3.63) is 76.1 Å². The highest BCUT2D eigenvalue weighted by atomic mass is 19.4. The Morgan fingerprint density at radius 2 is 1.83 bits per heavy atom. The lowest BCUT2D eigenvalue weighted by molar-refractivity contribution is -0.137. The summed E-state index contributed by atoms with van der Waals surface area (Å²) in [5.41, 5.74) is 0.217. The Bertz CT molecular complexity index is 1090. The van der Waals surface area contributed by atoms with Crippen molar-refractivity contribution in [3.63, 3.8) is 0 Å². The largest absolute Gasteiger partial charge is 0.416 e. The van der Waals surface area contributed by atoms with Crippen LogP contribution in [0, 0.1) is 0 Å². The first-order valence-corrected chi connectivity index (χ1v) is 8.83. The normalized spacial score (nSPS) is 12.7. The third kappa shape index (κ3) is 4.48. The summed E-state index contributed by atoms with van der Waals surface area (Å²) in [4.78, 5) is 24.7. The van der Waals surface area contributed by atoms with Gasteiger partial charge < -0.3 is 14.6 Å². The van der Waals surface area contributed by atoms with Crippen LogP contribution in [0.25, 0.3) is 16.6 Å². The van der Waals surface area contributed by atoms with Crippen LogP contribution in [0.15, 0.2) is 59.5 Å². The summed E-state index contributed by atoms with van der Waals surface area (Å²) in [6.07, 6.45) is -2.93. The van der Waals surface area contributed by atoms with Crippen LogP contribution in [0.4, 0.5) is 13.2 Å². The van der Waals surface area contributed by atoms with E-state index in [2.05, 4.69) is 5.32 Å². The van der Waals surface area contributed by atoms with Gasteiger partial charge in [-0.1, -0.05) is 0 Å². The van der Waals surface area contributed by atoms with Gasteiger partial charge in [0.15, 0.2) is 5.43 Å². The first kappa shape index (κ1) is 20.6. The van der Waals surface area contributed by atoms with Gasteiger partial charge in [0.1, 0.15) is 0 Å². The van der Waals surface area contributed by atoms with E-state index in [4.69, 9.17) is 4.74 Å². The molecule has 3 aromatic rings. The highest BCUT2D eigenvalue weighted by molar-refractivity contribution is 5.98. The summed E-state index contributed by atoms with van der Waals surface area (Å²) in [6, 6.07) is 10.4. The SMILES string of the molecule is COC[C@H](C)NC(=O)c1ccc2c(c1)c(=O)ccn2-c1ccc(C(F)(F)F)cc1. The van der Waals surface area contributed by atoms with Gasteiger partial charge in [-0.15, -0.1) is 0 Å². The van der Waals surface area contributed by atoms with Crippen LogP contribution >= 0.6 is 0 Å². The number of ether oxygens (including phenoxy) is 1. The van der Waals surface area contributed by atoms with Crippen molar-refractivity contribution in [3.8, 4) is 5.69 Å². The topological polar surface area (TPSA) is 60.3 Å². The molecule has 0 fully saturated rings. The number of nitrogens with one attached hydrogen (secondary N) is 1. The first-order chi connectivity index (χ1) is 13.7. The van der Waals surface area contributed by atoms with E-state index in [1.807, 2.05) is 0 Å². The van der Waals surface area contributed by atoms with E-state index in [-0.39, 0.29) is 17.4 Å². The van der Waals surface area contributed by atoms with E-state index in [1.165, 1.54) is 37.6 Å². The van der Waals surface area contributed by atoms with Crippen molar-refractivity contribution < 1.29 is 22.7 Å². The Morgan fingerprint density at radius 1 is 1.14 bits per heavy atom. The van der Waals surface area contributed by atoms with E-state index < -0.39 is 11.7 Å².